The Morgan fingerprint density at radius 1 is 1.07 bits per heavy atom. The van der Waals surface area contributed by atoms with Crippen molar-refractivity contribution < 1.29 is 9.53 Å². The summed E-state index contributed by atoms with van der Waals surface area (Å²) in [5.74, 6) is 0.0799. The van der Waals surface area contributed by atoms with Crippen molar-refractivity contribution >= 4 is 5.91 Å². The van der Waals surface area contributed by atoms with Crippen LogP contribution in [0.3, 0.4) is 0 Å². The van der Waals surface area contributed by atoms with E-state index < -0.39 is 0 Å². The third-order valence-electron chi connectivity index (χ3n) is 2.80. The highest BCUT2D eigenvalue weighted by molar-refractivity contribution is 5.77. The number of likely N-dealkylation sites (N-methyl/N-ethyl adjacent to an activating group) is 1. The van der Waals surface area contributed by atoms with E-state index in [1.807, 2.05) is 0 Å². The fourth-order valence-corrected chi connectivity index (χ4v) is 1.65. The molecule has 88 valence electrons. The number of amides is 1. The fraction of sp³-hybridized carbons (Fsp3) is 0.909. The van der Waals surface area contributed by atoms with Crippen LogP contribution in [0.2, 0.25) is 0 Å². The van der Waals surface area contributed by atoms with Crippen molar-refractivity contribution in [3.05, 3.63) is 0 Å². The predicted molar refractivity (Wildman–Crippen MR) is 59.8 cm³/mol. The van der Waals surface area contributed by atoms with E-state index in [1.165, 1.54) is 32.4 Å². The molecule has 0 bridgehead atoms. The maximum Gasteiger partial charge on any atom is 0.248 e. The predicted octanol–water partition coefficient (Wildman–Crippen LogP) is 0.577. The lowest BCUT2D eigenvalue weighted by Gasteiger charge is -2.21. The van der Waals surface area contributed by atoms with Crippen molar-refractivity contribution in [2.45, 2.75) is 19.3 Å². The van der Waals surface area contributed by atoms with E-state index in [4.69, 9.17) is 4.74 Å². The van der Waals surface area contributed by atoms with Gasteiger partial charge in [-0.15, -0.1) is 0 Å². The number of hydrogen-bond acceptors (Lipinski definition) is 3. The van der Waals surface area contributed by atoms with E-state index in [1.54, 1.807) is 11.9 Å². The quantitative estimate of drug-likeness (QED) is 0.591. The van der Waals surface area contributed by atoms with Crippen LogP contribution in [-0.2, 0) is 9.53 Å². The van der Waals surface area contributed by atoms with Crippen molar-refractivity contribution in [3.63, 3.8) is 0 Å². The van der Waals surface area contributed by atoms with Crippen LogP contribution in [0.1, 0.15) is 19.3 Å². The number of ether oxygens (including phenoxy) is 1. The molecule has 2 aliphatic heterocycles. The van der Waals surface area contributed by atoms with Crippen LogP contribution in [0.4, 0.5) is 0 Å². The van der Waals surface area contributed by atoms with Gasteiger partial charge in [0.1, 0.15) is 6.61 Å². The third-order valence-corrected chi connectivity index (χ3v) is 2.80. The van der Waals surface area contributed by atoms with Crippen molar-refractivity contribution in [2.75, 3.05) is 46.9 Å². The van der Waals surface area contributed by atoms with Gasteiger partial charge in [0.15, 0.2) is 0 Å². The van der Waals surface area contributed by atoms with Crippen LogP contribution in [-0.4, -0.2) is 62.7 Å². The largest absolute Gasteiger partial charge is 0.370 e. The van der Waals surface area contributed by atoms with Gasteiger partial charge in [-0.3, -0.25) is 4.79 Å². The Morgan fingerprint density at radius 2 is 1.73 bits per heavy atom. The summed E-state index contributed by atoms with van der Waals surface area (Å²) in [7, 11) is 3.98. The molecule has 4 nitrogen and oxygen atoms in total. The molecule has 2 heterocycles. The number of nitrogens with zero attached hydrogens (tertiary/aromatic N) is 2. The number of likely N-dealkylation sites (tertiary alicyclic amines) is 1. The Balaban J connectivity index is 0.000000151. The lowest BCUT2D eigenvalue weighted by atomic mass is 10.1. The molecule has 0 aromatic rings. The Labute approximate surface area is 92.2 Å². The SMILES string of the molecule is CN1CCCCC1.CN1CCOCC1=O. The molecular weight excluding hydrogens is 192 g/mol. The summed E-state index contributed by atoms with van der Waals surface area (Å²) < 4.78 is 4.86. The highest BCUT2D eigenvalue weighted by Gasteiger charge is 2.12. The molecule has 0 N–H and O–H groups in total. The van der Waals surface area contributed by atoms with E-state index in [2.05, 4.69) is 11.9 Å². The van der Waals surface area contributed by atoms with Gasteiger partial charge in [0.25, 0.3) is 0 Å². The summed E-state index contributed by atoms with van der Waals surface area (Å²) in [5, 5.41) is 0. The fourth-order valence-electron chi connectivity index (χ4n) is 1.65. The van der Waals surface area contributed by atoms with Gasteiger partial charge in [-0.1, -0.05) is 6.42 Å². The van der Waals surface area contributed by atoms with Crippen molar-refractivity contribution in [2.24, 2.45) is 0 Å². The van der Waals surface area contributed by atoms with Gasteiger partial charge < -0.3 is 14.5 Å². The number of hydrogen-bond donors (Lipinski definition) is 0. The lowest BCUT2D eigenvalue weighted by Crippen LogP contribution is -2.38. The van der Waals surface area contributed by atoms with Gasteiger partial charge in [-0.2, -0.15) is 0 Å². The first-order chi connectivity index (χ1) is 7.20. The maximum atomic E-state index is 10.6. The number of carbonyl (C=O) groups is 1. The molecule has 2 saturated heterocycles. The average molecular weight is 214 g/mol. The number of carbonyl (C=O) groups excluding carboxylic acids is 1. The summed E-state index contributed by atoms with van der Waals surface area (Å²) in [4.78, 5) is 14.7. The van der Waals surface area contributed by atoms with Gasteiger partial charge in [0.2, 0.25) is 5.91 Å². The first-order valence-corrected chi connectivity index (χ1v) is 5.70. The molecule has 4 heteroatoms. The molecule has 0 radical (unpaired) electrons. The maximum absolute atomic E-state index is 10.6. The molecular formula is C11H22N2O2. The minimum atomic E-state index is 0.0799. The van der Waals surface area contributed by atoms with Gasteiger partial charge in [0.05, 0.1) is 6.61 Å². The van der Waals surface area contributed by atoms with Gasteiger partial charge in [-0.25, -0.2) is 0 Å². The molecule has 2 rings (SSSR count). The Bertz CT molecular complexity index is 191. The van der Waals surface area contributed by atoms with E-state index in [9.17, 15) is 4.79 Å². The minimum Gasteiger partial charge on any atom is -0.370 e. The zero-order chi connectivity index (χ0) is 11.1. The van der Waals surface area contributed by atoms with Crippen molar-refractivity contribution in [3.8, 4) is 0 Å². The van der Waals surface area contributed by atoms with Crippen LogP contribution in [0.5, 0.6) is 0 Å². The minimum absolute atomic E-state index is 0.0799. The van der Waals surface area contributed by atoms with Gasteiger partial charge >= 0.3 is 0 Å². The number of rotatable bonds is 0. The first kappa shape index (κ1) is 12.5. The Morgan fingerprint density at radius 3 is 2.07 bits per heavy atom. The Kier molecular flexibility index (Phi) is 5.65. The molecule has 0 spiro atoms. The van der Waals surface area contributed by atoms with Crippen LogP contribution >= 0.6 is 0 Å². The second kappa shape index (κ2) is 6.80. The molecule has 0 saturated carbocycles. The summed E-state index contributed by atoms with van der Waals surface area (Å²) in [6.45, 7) is 4.32. The van der Waals surface area contributed by atoms with Crippen LogP contribution in [0.15, 0.2) is 0 Å². The van der Waals surface area contributed by atoms with Gasteiger partial charge in [-0.05, 0) is 33.0 Å². The van der Waals surface area contributed by atoms with Crippen molar-refractivity contribution in [1.82, 2.24) is 9.80 Å². The molecule has 0 aliphatic carbocycles. The number of morpholine rings is 1. The second-order valence-corrected chi connectivity index (χ2v) is 4.23. The first-order valence-electron chi connectivity index (χ1n) is 5.70. The highest BCUT2D eigenvalue weighted by atomic mass is 16.5. The molecule has 1 amide bonds. The summed E-state index contributed by atoms with van der Waals surface area (Å²) in [6, 6.07) is 0. The highest BCUT2D eigenvalue weighted by Crippen LogP contribution is 2.04. The Hall–Kier alpha value is -0.610. The number of piperidine rings is 1. The van der Waals surface area contributed by atoms with Crippen molar-refractivity contribution in [1.29, 1.82) is 0 Å². The van der Waals surface area contributed by atoms with E-state index >= 15 is 0 Å². The molecule has 0 aromatic heterocycles. The monoisotopic (exact) mass is 214 g/mol. The second-order valence-electron chi connectivity index (χ2n) is 4.23. The van der Waals surface area contributed by atoms with E-state index in [0.717, 1.165) is 6.54 Å². The molecule has 2 fully saturated rings. The summed E-state index contributed by atoms with van der Waals surface area (Å²) in [6.07, 6.45) is 4.28. The van der Waals surface area contributed by atoms with Crippen LogP contribution in [0, 0.1) is 0 Å². The third kappa shape index (κ3) is 5.14. The molecule has 0 atom stereocenters. The summed E-state index contributed by atoms with van der Waals surface area (Å²) in [5.41, 5.74) is 0. The molecule has 0 aromatic carbocycles. The normalized spacial score (nSPS) is 23.3. The molecule has 15 heavy (non-hydrogen) atoms. The zero-order valence-corrected chi connectivity index (χ0v) is 9.87. The van der Waals surface area contributed by atoms with Crippen LogP contribution in [0.25, 0.3) is 0 Å². The topological polar surface area (TPSA) is 32.8 Å². The molecule has 2 aliphatic rings. The lowest BCUT2D eigenvalue weighted by molar-refractivity contribution is -0.140. The zero-order valence-electron chi connectivity index (χ0n) is 9.87. The average Bonchev–Trinajstić information content (AvgIpc) is 2.25. The standard InChI is InChI=1S/C6H13N.C5H9NO2/c1-7-5-3-2-4-6-7;1-6-2-3-8-4-5(6)7/h2-6H2,1H3;2-4H2,1H3. The van der Waals surface area contributed by atoms with E-state index in [-0.39, 0.29) is 12.5 Å². The molecule has 0 unspecified atom stereocenters. The van der Waals surface area contributed by atoms with E-state index in [0.29, 0.717) is 6.61 Å². The smallest absolute Gasteiger partial charge is 0.248 e. The van der Waals surface area contributed by atoms with Crippen LogP contribution < -0.4 is 0 Å². The summed E-state index contributed by atoms with van der Waals surface area (Å²) >= 11 is 0. The van der Waals surface area contributed by atoms with Gasteiger partial charge in [0, 0.05) is 13.6 Å².